The minimum Gasteiger partial charge on any atom is -0.476 e. The van der Waals surface area contributed by atoms with Crippen molar-refractivity contribution >= 4 is 11.8 Å². The Hall–Kier alpha value is -1.52. The molecule has 0 amide bonds. The first-order chi connectivity index (χ1) is 6.49. The van der Waals surface area contributed by atoms with Gasteiger partial charge in [-0.05, 0) is 12.8 Å². The molecule has 0 radical (unpaired) electrons. The van der Waals surface area contributed by atoms with Gasteiger partial charge < -0.3 is 10.8 Å². The maximum Gasteiger partial charge on any atom is 0.356 e. The average molecular weight is 197 g/mol. The minimum atomic E-state index is -1.02. The highest BCUT2D eigenvalue weighted by molar-refractivity contribution is 5.89. The Morgan fingerprint density at radius 2 is 2.21 bits per heavy atom. The summed E-state index contributed by atoms with van der Waals surface area (Å²) in [6.45, 7) is 6.26. The van der Waals surface area contributed by atoms with Crippen LogP contribution in [0.25, 0.3) is 0 Å². The van der Waals surface area contributed by atoms with E-state index in [1.54, 1.807) is 0 Å². The van der Waals surface area contributed by atoms with E-state index in [9.17, 15) is 4.79 Å². The fourth-order valence-electron chi connectivity index (χ4n) is 1.46. The molecule has 0 aliphatic rings. The van der Waals surface area contributed by atoms with Crippen molar-refractivity contribution in [2.45, 2.75) is 33.2 Å². The molecule has 0 atom stereocenters. The van der Waals surface area contributed by atoms with Gasteiger partial charge in [0.1, 0.15) is 5.82 Å². The summed E-state index contributed by atoms with van der Waals surface area (Å²) in [5.41, 5.74) is 6.48. The quantitative estimate of drug-likeness (QED) is 0.765. The van der Waals surface area contributed by atoms with Crippen LogP contribution in [0.5, 0.6) is 0 Å². The Bertz CT molecular complexity index is 355. The van der Waals surface area contributed by atoms with Gasteiger partial charge in [0.05, 0.1) is 0 Å². The number of carboxylic acids is 1. The number of aromatic carboxylic acids is 1. The van der Waals surface area contributed by atoms with E-state index in [2.05, 4.69) is 5.10 Å². The monoisotopic (exact) mass is 197 g/mol. The predicted octanol–water partition coefficient (Wildman–Crippen LogP) is 1.31. The lowest BCUT2D eigenvalue weighted by molar-refractivity contribution is 0.0688. The Labute approximate surface area is 82.5 Å². The Morgan fingerprint density at radius 3 is 2.50 bits per heavy atom. The van der Waals surface area contributed by atoms with E-state index in [-0.39, 0.29) is 11.6 Å². The number of nitrogens with two attached hydrogens (primary N) is 1. The van der Waals surface area contributed by atoms with E-state index in [1.165, 1.54) is 4.68 Å². The van der Waals surface area contributed by atoms with Crippen molar-refractivity contribution in [1.82, 2.24) is 9.78 Å². The molecule has 1 aromatic rings. The largest absolute Gasteiger partial charge is 0.476 e. The van der Waals surface area contributed by atoms with Crippen LogP contribution < -0.4 is 5.73 Å². The van der Waals surface area contributed by atoms with Gasteiger partial charge in [-0.25, -0.2) is 9.48 Å². The molecule has 0 aliphatic carbocycles. The van der Waals surface area contributed by atoms with Gasteiger partial charge in [0, 0.05) is 12.1 Å². The molecule has 14 heavy (non-hydrogen) atoms. The van der Waals surface area contributed by atoms with Crippen molar-refractivity contribution in [3.05, 3.63) is 11.3 Å². The first-order valence-electron chi connectivity index (χ1n) is 4.58. The second kappa shape index (κ2) is 3.69. The predicted molar refractivity (Wildman–Crippen MR) is 53.4 cm³/mol. The Morgan fingerprint density at radius 1 is 1.64 bits per heavy atom. The number of carboxylic acid groups (broad SMARTS) is 1. The lowest BCUT2D eigenvalue weighted by atomic mass is 10.0. The van der Waals surface area contributed by atoms with E-state index in [4.69, 9.17) is 10.8 Å². The van der Waals surface area contributed by atoms with Gasteiger partial charge in [0.15, 0.2) is 5.69 Å². The number of aromatic nitrogens is 2. The van der Waals surface area contributed by atoms with Gasteiger partial charge in [0.25, 0.3) is 0 Å². The van der Waals surface area contributed by atoms with Crippen LogP contribution in [0.3, 0.4) is 0 Å². The third-order valence-corrected chi connectivity index (χ3v) is 2.11. The van der Waals surface area contributed by atoms with Gasteiger partial charge in [-0.1, -0.05) is 13.8 Å². The summed E-state index contributed by atoms with van der Waals surface area (Å²) in [6.07, 6.45) is 0. The maximum absolute atomic E-state index is 10.9. The zero-order valence-electron chi connectivity index (χ0n) is 8.61. The van der Waals surface area contributed by atoms with Gasteiger partial charge in [-0.2, -0.15) is 5.10 Å². The number of carbonyl (C=O) groups is 1. The van der Waals surface area contributed by atoms with Crippen molar-refractivity contribution in [3.63, 3.8) is 0 Å². The molecule has 0 aromatic carbocycles. The SMILES string of the molecule is CCn1nc(C(=O)O)c(C(C)C)c1N. The summed E-state index contributed by atoms with van der Waals surface area (Å²) in [7, 11) is 0. The molecule has 1 rings (SSSR count). The molecule has 0 fully saturated rings. The van der Waals surface area contributed by atoms with Gasteiger partial charge in [-0.3, -0.25) is 0 Å². The molecule has 0 unspecified atom stereocenters. The summed E-state index contributed by atoms with van der Waals surface area (Å²) in [5, 5.41) is 12.9. The van der Waals surface area contributed by atoms with E-state index < -0.39 is 5.97 Å². The Kier molecular flexibility index (Phi) is 2.78. The number of rotatable bonds is 3. The molecule has 0 saturated carbocycles. The van der Waals surface area contributed by atoms with Gasteiger partial charge >= 0.3 is 5.97 Å². The number of hydrogen-bond acceptors (Lipinski definition) is 3. The van der Waals surface area contributed by atoms with Crippen LogP contribution in [0, 0.1) is 0 Å². The molecule has 0 aliphatic heterocycles. The smallest absolute Gasteiger partial charge is 0.356 e. The van der Waals surface area contributed by atoms with Crippen molar-refractivity contribution < 1.29 is 9.90 Å². The molecule has 0 saturated heterocycles. The van der Waals surface area contributed by atoms with Crippen LogP contribution in [0.2, 0.25) is 0 Å². The molecule has 5 heteroatoms. The zero-order valence-corrected chi connectivity index (χ0v) is 8.61. The highest BCUT2D eigenvalue weighted by Crippen LogP contribution is 2.25. The lowest BCUT2D eigenvalue weighted by Gasteiger charge is -2.04. The first-order valence-corrected chi connectivity index (χ1v) is 4.58. The van der Waals surface area contributed by atoms with E-state index in [0.717, 1.165) is 0 Å². The zero-order chi connectivity index (χ0) is 10.9. The molecule has 78 valence electrons. The van der Waals surface area contributed by atoms with E-state index in [0.29, 0.717) is 17.9 Å². The second-order valence-electron chi connectivity index (χ2n) is 3.42. The highest BCUT2D eigenvalue weighted by Gasteiger charge is 2.22. The molecule has 1 heterocycles. The first kappa shape index (κ1) is 10.6. The van der Waals surface area contributed by atoms with Crippen molar-refractivity contribution in [2.24, 2.45) is 0 Å². The van der Waals surface area contributed by atoms with Crippen molar-refractivity contribution in [3.8, 4) is 0 Å². The fourth-order valence-corrected chi connectivity index (χ4v) is 1.46. The molecular weight excluding hydrogens is 182 g/mol. The summed E-state index contributed by atoms with van der Waals surface area (Å²) < 4.78 is 1.51. The summed E-state index contributed by atoms with van der Waals surface area (Å²) in [5.74, 6) is -0.492. The third-order valence-electron chi connectivity index (χ3n) is 2.11. The van der Waals surface area contributed by atoms with E-state index in [1.807, 2.05) is 20.8 Å². The second-order valence-corrected chi connectivity index (χ2v) is 3.42. The average Bonchev–Trinajstić information content (AvgIpc) is 2.42. The number of nitrogen functional groups attached to an aromatic ring is 1. The molecular formula is C9H15N3O2. The van der Waals surface area contributed by atoms with Crippen LogP contribution >= 0.6 is 0 Å². The third kappa shape index (κ3) is 1.57. The number of anilines is 1. The molecule has 0 spiro atoms. The number of nitrogens with zero attached hydrogens (tertiary/aromatic N) is 2. The summed E-state index contributed by atoms with van der Waals surface area (Å²) in [6, 6.07) is 0. The fraction of sp³-hybridized carbons (Fsp3) is 0.556. The molecule has 3 N–H and O–H groups in total. The van der Waals surface area contributed by atoms with Crippen LogP contribution in [-0.2, 0) is 6.54 Å². The summed E-state index contributed by atoms with van der Waals surface area (Å²) in [4.78, 5) is 10.9. The van der Waals surface area contributed by atoms with Gasteiger partial charge in [0.2, 0.25) is 0 Å². The topological polar surface area (TPSA) is 81.1 Å². The van der Waals surface area contributed by atoms with Crippen molar-refractivity contribution in [1.29, 1.82) is 0 Å². The Balaban J connectivity index is 3.35. The highest BCUT2D eigenvalue weighted by atomic mass is 16.4. The number of aryl methyl sites for hydroxylation is 1. The van der Waals surface area contributed by atoms with Crippen LogP contribution in [0.1, 0.15) is 42.7 Å². The van der Waals surface area contributed by atoms with Gasteiger partial charge in [-0.15, -0.1) is 0 Å². The molecule has 1 aromatic heterocycles. The van der Waals surface area contributed by atoms with Crippen LogP contribution in [0.4, 0.5) is 5.82 Å². The van der Waals surface area contributed by atoms with Crippen LogP contribution in [-0.4, -0.2) is 20.9 Å². The minimum absolute atomic E-state index is 0.0688. The summed E-state index contributed by atoms with van der Waals surface area (Å²) >= 11 is 0. The molecule has 5 nitrogen and oxygen atoms in total. The van der Waals surface area contributed by atoms with Crippen LogP contribution in [0.15, 0.2) is 0 Å². The normalized spacial score (nSPS) is 10.9. The lowest BCUT2D eigenvalue weighted by Crippen LogP contribution is -2.03. The number of hydrogen-bond donors (Lipinski definition) is 2. The van der Waals surface area contributed by atoms with Crippen molar-refractivity contribution in [2.75, 3.05) is 5.73 Å². The maximum atomic E-state index is 10.9. The standard InChI is InChI=1S/C9H15N3O2/c1-4-12-8(10)6(5(2)3)7(11-12)9(13)14/h5H,4,10H2,1-3H3,(H,13,14). The molecule has 0 bridgehead atoms. The van der Waals surface area contributed by atoms with E-state index >= 15 is 0 Å².